The number of nitrogens with zero attached hydrogens (tertiary/aromatic N) is 1. The third-order valence-electron chi connectivity index (χ3n) is 3.29. The molecule has 0 aliphatic heterocycles. The summed E-state index contributed by atoms with van der Waals surface area (Å²) in [5.41, 5.74) is 3.88. The van der Waals surface area contributed by atoms with Crippen LogP contribution < -0.4 is 5.76 Å². The molecule has 19 heavy (non-hydrogen) atoms. The molecular formula is C16H15NO2. The van der Waals surface area contributed by atoms with Crippen LogP contribution >= 0.6 is 0 Å². The number of rotatable bonds is 3. The summed E-state index contributed by atoms with van der Waals surface area (Å²) in [5, 5.41) is 0. The Balaban J connectivity index is 1.94. The lowest BCUT2D eigenvalue weighted by molar-refractivity contribution is 0.505. The van der Waals surface area contributed by atoms with Crippen molar-refractivity contribution in [3.8, 4) is 0 Å². The first-order valence-electron chi connectivity index (χ1n) is 6.38. The van der Waals surface area contributed by atoms with Gasteiger partial charge in [-0.15, -0.1) is 0 Å². The van der Waals surface area contributed by atoms with Gasteiger partial charge in [-0.3, -0.25) is 4.57 Å². The second-order valence-corrected chi connectivity index (χ2v) is 4.73. The van der Waals surface area contributed by atoms with E-state index in [0.29, 0.717) is 12.1 Å². The number of benzene rings is 2. The molecule has 0 radical (unpaired) electrons. The van der Waals surface area contributed by atoms with Crippen LogP contribution in [0.5, 0.6) is 0 Å². The minimum Gasteiger partial charge on any atom is -0.408 e. The zero-order valence-corrected chi connectivity index (χ0v) is 10.8. The lowest BCUT2D eigenvalue weighted by Gasteiger charge is -2.03. The van der Waals surface area contributed by atoms with Gasteiger partial charge in [0.2, 0.25) is 0 Å². The van der Waals surface area contributed by atoms with Gasteiger partial charge in [0.25, 0.3) is 0 Å². The highest BCUT2D eigenvalue weighted by atomic mass is 16.4. The van der Waals surface area contributed by atoms with Gasteiger partial charge in [0, 0.05) is 6.54 Å². The first-order chi connectivity index (χ1) is 9.24. The van der Waals surface area contributed by atoms with Crippen LogP contribution in [-0.2, 0) is 13.0 Å². The molecule has 0 aliphatic rings. The lowest BCUT2D eigenvalue weighted by Crippen LogP contribution is -2.15. The third-order valence-corrected chi connectivity index (χ3v) is 3.29. The van der Waals surface area contributed by atoms with Gasteiger partial charge in [-0.1, -0.05) is 36.4 Å². The van der Waals surface area contributed by atoms with E-state index in [2.05, 4.69) is 12.1 Å². The molecule has 0 atom stereocenters. The van der Waals surface area contributed by atoms with Crippen LogP contribution in [0.15, 0.2) is 57.7 Å². The van der Waals surface area contributed by atoms with Crippen LogP contribution in [0.25, 0.3) is 11.1 Å². The van der Waals surface area contributed by atoms with E-state index in [4.69, 9.17) is 4.42 Å². The van der Waals surface area contributed by atoms with Crippen molar-refractivity contribution in [1.82, 2.24) is 4.57 Å². The standard InChI is InChI=1S/C16H15NO2/c1-12-7-8-15-14(11-12)17(16(18)19-15)10-9-13-5-3-2-4-6-13/h2-8,11H,9-10H2,1H3. The molecule has 96 valence electrons. The van der Waals surface area contributed by atoms with Gasteiger partial charge in [-0.05, 0) is 36.6 Å². The Morgan fingerprint density at radius 2 is 1.89 bits per heavy atom. The Morgan fingerprint density at radius 1 is 1.11 bits per heavy atom. The number of aryl methyl sites for hydroxylation is 3. The van der Waals surface area contributed by atoms with Crippen molar-refractivity contribution in [3.05, 3.63) is 70.2 Å². The minimum atomic E-state index is -0.281. The predicted octanol–water partition coefficient (Wildman–Crippen LogP) is 3.15. The molecule has 3 aromatic rings. The number of fused-ring (bicyclic) bond motifs is 1. The fourth-order valence-corrected chi connectivity index (χ4v) is 2.27. The van der Waals surface area contributed by atoms with Crippen molar-refractivity contribution in [2.75, 3.05) is 0 Å². The van der Waals surface area contributed by atoms with E-state index in [1.165, 1.54) is 5.56 Å². The Morgan fingerprint density at radius 3 is 2.68 bits per heavy atom. The van der Waals surface area contributed by atoms with E-state index in [1.54, 1.807) is 4.57 Å². The van der Waals surface area contributed by atoms with E-state index >= 15 is 0 Å². The van der Waals surface area contributed by atoms with Gasteiger partial charge in [0.05, 0.1) is 5.52 Å². The molecule has 0 N–H and O–H groups in total. The van der Waals surface area contributed by atoms with Gasteiger partial charge in [-0.2, -0.15) is 0 Å². The lowest BCUT2D eigenvalue weighted by atomic mass is 10.1. The van der Waals surface area contributed by atoms with Gasteiger partial charge in [0.1, 0.15) is 0 Å². The van der Waals surface area contributed by atoms with E-state index in [0.717, 1.165) is 17.5 Å². The maximum Gasteiger partial charge on any atom is 0.419 e. The molecule has 3 rings (SSSR count). The minimum absolute atomic E-state index is 0.281. The maximum atomic E-state index is 11.9. The number of hydrogen-bond acceptors (Lipinski definition) is 2. The molecule has 0 saturated carbocycles. The third kappa shape index (κ3) is 2.32. The summed E-state index contributed by atoms with van der Waals surface area (Å²) in [4.78, 5) is 11.9. The van der Waals surface area contributed by atoms with Crippen LogP contribution in [-0.4, -0.2) is 4.57 Å². The molecule has 1 aromatic heterocycles. The van der Waals surface area contributed by atoms with Crippen molar-refractivity contribution in [2.45, 2.75) is 19.9 Å². The molecule has 3 heteroatoms. The Kier molecular flexibility index (Phi) is 2.95. The molecule has 0 spiro atoms. The Labute approximate surface area is 111 Å². The predicted molar refractivity (Wildman–Crippen MR) is 75.4 cm³/mol. The average molecular weight is 253 g/mol. The normalized spacial score (nSPS) is 11.0. The van der Waals surface area contributed by atoms with E-state index in [9.17, 15) is 4.79 Å². The summed E-state index contributed by atoms with van der Waals surface area (Å²) in [7, 11) is 0. The fraction of sp³-hybridized carbons (Fsp3) is 0.188. The summed E-state index contributed by atoms with van der Waals surface area (Å²) < 4.78 is 6.95. The number of hydrogen-bond donors (Lipinski definition) is 0. The smallest absolute Gasteiger partial charge is 0.408 e. The summed E-state index contributed by atoms with van der Waals surface area (Å²) in [5.74, 6) is -0.281. The van der Waals surface area contributed by atoms with Crippen LogP contribution in [0.1, 0.15) is 11.1 Å². The number of aromatic nitrogens is 1. The van der Waals surface area contributed by atoms with Crippen molar-refractivity contribution < 1.29 is 4.42 Å². The van der Waals surface area contributed by atoms with E-state index in [-0.39, 0.29) is 5.76 Å². The molecular weight excluding hydrogens is 238 g/mol. The summed E-state index contributed by atoms with van der Waals surface area (Å²) >= 11 is 0. The van der Waals surface area contributed by atoms with Gasteiger partial charge < -0.3 is 4.42 Å². The SMILES string of the molecule is Cc1ccc2oc(=O)n(CCc3ccccc3)c2c1. The molecule has 0 fully saturated rings. The van der Waals surface area contributed by atoms with Gasteiger partial charge in [-0.25, -0.2) is 4.79 Å². The summed E-state index contributed by atoms with van der Waals surface area (Å²) in [6.45, 7) is 2.65. The fourth-order valence-electron chi connectivity index (χ4n) is 2.27. The monoisotopic (exact) mass is 253 g/mol. The van der Waals surface area contributed by atoms with Crippen LogP contribution in [0, 0.1) is 6.92 Å². The Bertz CT molecular complexity index is 753. The average Bonchev–Trinajstić information content (AvgIpc) is 2.73. The molecule has 0 saturated heterocycles. The largest absolute Gasteiger partial charge is 0.419 e. The van der Waals surface area contributed by atoms with Crippen molar-refractivity contribution in [1.29, 1.82) is 0 Å². The maximum absolute atomic E-state index is 11.9. The summed E-state index contributed by atoms with van der Waals surface area (Å²) in [6, 6.07) is 15.9. The highest BCUT2D eigenvalue weighted by Crippen LogP contribution is 2.15. The second kappa shape index (κ2) is 4.76. The molecule has 0 bridgehead atoms. The van der Waals surface area contributed by atoms with Crippen molar-refractivity contribution >= 4 is 11.1 Å². The molecule has 0 aliphatic carbocycles. The van der Waals surface area contributed by atoms with Crippen LogP contribution in [0.3, 0.4) is 0 Å². The number of oxazole rings is 1. The molecule has 3 nitrogen and oxygen atoms in total. The quantitative estimate of drug-likeness (QED) is 0.718. The molecule has 0 unspecified atom stereocenters. The van der Waals surface area contributed by atoms with Crippen molar-refractivity contribution in [3.63, 3.8) is 0 Å². The molecule has 0 amide bonds. The Hall–Kier alpha value is -2.29. The zero-order chi connectivity index (χ0) is 13.2. The summed E-state index contributed by atoms with van der Waals surface area (Å²) in [6.07, 6.45) is 0.823. The zero-order valence-electron chi connectivity index (χ0n) is 10.8. The second-order valence-electron chi connectivity index (χ2n) is 4.73. The van der Waals surface area contributed by atoms with Gasteiger partial charge in [0.15, 0.2) is 5.58 Å². The topological polar surface area (TPSA) is 35.1 Å². The van der Waals surface area contributed by atoms with E-state index < -0.39 is 0 Å². The van der Waals surface area contributed by atoms with Crippen molar-refractivity contribution in [2.24, 2.45) is 0 Å². The van der Waals surface area contributed by atoms with Crippen LogP contribution in [0.4, 0.5) is 0 Å². The van der Waals surface area contributed by atoms with E-state index in [1.807, 2.05) is 43.3 Å². The van der Waals surface area contributed by atoms with Crippen LogP contribution in [0.2, 0.25) is 0 Å². The van der Waals surface area contributed by atoms with Gasteiger partial charge >= 0.3 is 5.76 Å². The first-order valence-corrected chi connectivity index (χ1v) is 6.38. The molecule has 1 heterocycles. The first kappa shape index (κ1) is 11.8. The highest BCUT2D eigenvalue weighted by molar-refractivity contribution is 5.73. The molecule has 2 aromatic carbocycles. The highest BCUT2D eigenvalue weighted by Gasteiger charge is 2.08.